The van der Waals surface area contributed by atoms with Crippen LogP contribution in [0.4, 0.5) is 4.79 Å². The van der Waals surface area contributed by atoms with Crippen molar-refractivity contribution in [3.8, 4) is 17.2 Å². The molecule has 0 aliphatic carbocycles. The number of rotatable bonds is 7. The van der Waals surface area contributed by atoms with Crippen LogP contribution in [0.3, 0.4) is 0 Å². The van der Waals surface area contributed by atoms with Gasteiger partial charge in [0.1, 0.15) is 16.7 Å². The molecule has 2 aromatic heterocycles. The summed E-state index contributed by atoms with van der Waals surface area (Å²) in [6.45, 7) is 2.39. The molecule has 0 radical (unpaired) electrons. The minimum absolute atomic E-state index is 0. The maximum Gasteiger partial charge on any atom is 1.00 e. The molecule has 0 bridgehead atoms. The summed E-state index contributed by atoms with van der Waals surface area (Å²) in [4.78, 5) is 27.9. The van der Waals surface area contributed by atoms with Crippen LogP contribution in [-0.4, -0.2) is 28.0 Å². The van der Waals surface area contributed by atoms with Crippen molar-refractivity contribution in [3.63, 3.8) is 0 Å². The number of hydrogen-bond acceptors (Lipinski definition) is 7. The zero-order chi connectivity index (χ0) is 22.1. The van der Waals surface area contributed by atoms with E-state index in [2.05, 4.69) is 10.3 Å². The number of oxazole rings is 1. The minimum Gasteiger partial charge on any atom is -0.585 e. The predicted octanol–water partition coefficient (Wildman–Crippen LogP) is 3.17. The molecular formula is C24H19N2NaO4S2. The molecule has 1 aliphatic rings. The topological polar surface area (TPSA) is 83.5 Å². The number of hydrogen-bond donors (Lipinski definition) is 0. The van der Waals surface area contributed by atoms with E-state index in [1.807, 2.05) is 60.8 Å². The van der Waals surface area contributed by atoms with Crippen LogP contribution >= 0.6 is 23.1 Å². The molecule has 33 heavy (non-hydrogen) atoms. The molecule has 1 atom stereocenters. The van der Waals surface area contributed by atoms with Crippen molar-refractivity contribution in [2.75, 3.05) is 6.61 Å². The van der Waals surface area contributed by atoms with Crippen LogP contribution in [0.5, 0.6) is 5.75 Å². The quantitative estimate of drug-likeness (QED) is 0.373. The van der Waals surface area contributed by atoms with Gasteiger partial charge in [-0.25, -0.2) is 4.98 Å². The molecule has 5 rings (SSSR count). The van der Waals surface area contributed by atoms with Gasteiger partial charge in [-0.15, -0.1) is 11.3 Å². The molecule has 3 heterocycles. The molecule has 0 unspecified atom stereocenters. The van der Waals surface area contributed by atoms with E-state index in [-0.39, 0.29) is 35.5 Å². The zero-order valence-corrected chi connectivity index (χ0v) is 21.9. The SMILES string of the molecule is Cc1oc(-c2ccccc2)nc1CCOc1ccc(C[C@H]2SC(=O)[N-]C2=O)c2sccc12.[Na+]. The van der Waals surface area contributed by atoms with E-state index >= 15 is 0 Å². The number of carbonyl (C=O) groups excluding carboxylic acids is 2. The Kier molecular flexibility index (Phi) is 7.61. The monoisotopic (exact) mass is 486 g/mol. The van der Waals surface area contributed by atoms with Gasteiger partial charge in [0.05, 0.1) is 23.5 Å². The molecule has 9 heteroatoms. The standard InChI is InChI=1S/C24H20N2O4S2.Na/c1-14-18(25-23(30-14)15-5-3-2-4-6-15)9-11-29-19-8-7-16(21-17(19)10-12-31-21)13-20-22(27)26-24(28)32-20;/h2-8,10,12,20H,9,11,13H2,1H3,(H,26,27,28);/q;+1/p-1/t20-;/m1./s1. The zero-order valence-electron chi connectivity index (χ0n) is 18.2. The predicted molar refractivity (Wildman–Crippen MR) is 127 cm³/mol. The van der Waals surface area contributed by atoms with Gasteiger partial charge in [0, 0.05) is 22.1 Å². The number of benzene rings is 2. The molecule has 1 saturated heterocycles. The Morgan fingerprint density at radius 1 is 1.12 bits per heavy atom. The third kappa shape index (κ3) is 5.20. The summed E-state index contributed by atoms with van der Waals surface area (Å²) in [5, 5.41) is 5.68. The Bertz CT molecular complexity index is 1300. The van der Waals surface area contributed by atoms with Crippen LogP contribution < -0.4 is 34.3 Å². The van der Waals surface area contributed by atoms with Gasteiger partial charge in [-0.1, -0.05) is 36.0 Å². The summed E-state index contributed by atoms with van der Waals surface area (Å²) in [6, 6.07) is 15.8. The van der Waals surface area contributed by atoms with Gasteiger partial charge in [0.2, 0.25) is 5.89 Å². The molecule has 1 aliphatic heterocycles. The number of thiophene rings is 1. The molecule has 6 nitrogen and oxygen atoms in total. The maximum atomic E-state index is 11.9. The molecule has 0 N–H and O–H groups in total. The number of thioether (sulfide) groups is 1. The normalized spacial score (nSPS) is 15.5. The van der Waals surface area contributed by atoms with E-state index in [0.29, 0.717) is 25.3 Å². The number of imide groups is 1. The fraction of sp³-hybridized carbons (Fsp3) is 0.208. The van der Waals surface area contributed by atoms with Crippen LogP contribution in [0, 0.1) is 6.92 Å². The largest absolute Gasteiger partial charge is 1.00 e. The van der Waals surface area contributed by atoms with Crippen LogP contribution in [0.1, 0.15) is 17.0 Å². The van der Waals surface area contributed by atoms with Gasteiger partial charge in [-0.05, 0) is 48.6 Å². The minimum atomic E-state index is -0.437. The average Bonchev–Trinajstić information content (AvgIpc) is 3.50. The summed E-state index contributed by atoms with van der Waals surface area (Å²) in [5.41, 5.74) is 2.86. The van der Waals surface area contributed by atoms with Gasteiger partial charge in [-0.2, -0.15) is 0 Å². The molecule has 0 spiro atoms. The number of aromatic nitrogens is 1. The Morgan fingerprint density at radius 3 is 2.70 bits per heavy atom. The maximum absolute atomic E-state index is 11.9. The van der Waals surface area contributed by atoms with Crippen molar-refractivity contribution < 1.29 is 48.3 Å². The van der Waals surface area contributed by atoms with E-state index in [9.17, 15) is 9.59 Å². The van der Waals surface area contributed by atoms with Gasteiger partial charge in [0.15, 0.2) is 0 Å². The smallest absolute Gasteiger partial charge is 0.585 e. The van der Waals surface area contributed by atoms with Crippen molar-refractivity contribution in [1.82, 2.24) is 4.98 Å². The fourth-order valence-electron chi connectivity index (χ4n) is 3.69. The first-order valence-corrected chi connectivity index (χ1v) is 11.9. The van der Waals surface area contributed by atoms with Gasteiger partial charge in [-0.3, -0.25) is 0 Å². The number of aryl methyl sites for hydroxylation is 1. The summed E-state index contributed by atoms with van der Waals surface area (Å²) in [6.07, 6.45) is 1.11. The van der Waals surface area contributed by atoms with E-state index in [4.69, 9.17) is 9.15 Å². The third-order valence-corrected chi connectivity index (χ3v) is 7.23. The van der Waals surface area contributed by atoms with E-state index in [0.717, 1.165) is 50.2 Å². The Morgan fingerprint density at radius 2 is 1.94 bits per heavy atom. The first-order chi connectivity index (χ1) is 15.6. The van der Waals surface area contributed by atoms with E-state index < -0.39 is 10.5 Å². The summed E-state index contributed by atoms with van der Waals surface area (Å²) in [7, 11) is 0. The first-order valence-electron chi connectivity index (χ1n) is 10.2. The Balaban J connectivity index is 0.00000259. The van der Waals surface area contributed by atoms with Crippen molar-refractivity contribution in [3.05, 3.63) is 76.2 Å². The van der Waals surface area contributed by atoms with Crippen LogP contribution in [0.25, 0.3) is 26.9 Å². The second-order valence-electron chi connectivity index (χ2n) is 7.40. The Hall–Kier alpha value is -2.10. The van der Waals surface area contributed by atoms with Crippen molar-refractivity contribution in [1.29, 1.82) is 0 Å². The average molecular weight is 487 g/mol. The second kappa shape index (κ2) is 10.4. The first kappa shape index (κ1) is 24.0. The number of amides is 2. The number of ether oxygens (including phenoxy) is 1. The molecule has 0 saturated carbocycles. The van der Waals surface area contributed by atoms with Crippen LogP contribution in [0.2, 0.25) is 0 Å². The van der Waals surface area contributed by atoms with Crippen molar-refractivity contribution in [2.45, 2.75) is 25.0 Å². The van der Waals surface area contributed by atoms with Gasteiger partial charge >= 0.3 is 29.6 Å². The molecular weight excluding hydrogens is 467 g/mol. The van der Waals surface area contributed by atoms with Crippen molar-refractivity contribution >= 4 is 44.3 Å². The van der Waals surface area contributed by atoms with E-state index in [1.54, 1.807) is 11.3 Å². The van der Waals surface area contributed by atoms with E-state index in [1.165, 1.54) is 0 Å². The molecule has 4 aromatic rings. The number of nitrogens with zero attached hydrogens (tertiary/aromatic N) is 2. The summed E-state index contributed by atoms with van der Waals surface area (Å²) >= 11 is 2.60. The molecule has 2 aromatic carbocycles. The summed E-state index contributed by atoms with van der Waals surface area (Å²) < 4.78 is 13.0. The van der Waals surface area contributed by atoms with Gasteiger partial charge < -0.3 is 24.1 Å². The van der Waals surface area contributed by atoms with Gasteiger partial charge in [0.25, 0.3) is 0 Å². The van der Waals surface area contributed by atoms with Crippen LogP contribution in [0.15, 0.2) is 58.3 Å². The molecule has 2 amide bonds. The third-order valence-electron chi connectivity index (χ3n) is 5.29. The molecule has 162 valence electrons. The fourth-order valence-corrected chi connectivity index (χ4v) is 5.43. The van der Waals surface area contributed by atoms with Crippen molar-refractivity contribution in [2.24, 2.45) is 0 Å². The number of carbonyl (C=O) groups is 2. The second-order valence-corrected chi connectivity index (χ2v) is 9.47. The molecule has 1 fully saturated rings. The van der Waals surface area contributed by atoms with Crippen LogP contribution in [-0.2, 0) is 17.6 Å². The Labute approximate surface area is 221 Å². The number of fused-ring (bicyclic) bond motifs is 1. The summed E-state index contributed by atoms with van der Waals surface area (Å²) in [5.74, 6) is 1.86.